The summed E-state index contributed by atoms with van der Waals surface area (Å²) >= 11 is 1.64. The molecule has 0 bridgehead atoms. The van der Waals surface area contributed by atoms with Crippen LogP contribution in [0.3, 0.4) is 0 Å². The molecular formula is C24H25N3O2S. The molecular weight excluding hydrogens is 394 g/mol. The molecule has 1 atom stereocenters. The molecule has 0 spiro atoms. The lowest BCUT2D eigenvalue weighted by atomic mass is 10.0. The van der Waals surface area contributed by atoms with Crippen LogP contribution in [0.25, 0.3) is 21.0 Å². The highest BCUT2D eigenvalue weighted by molar-refractivity contribution is 7.18. The summed E-state index contributed by atoms with van der Waals surface area (Å²) in [6.07, 6.45) is 4.00. The fraction of sp³-hybridized carbons (Fsp3) is 0.333. The van der Waals surface area contributed by atoms with Crippen LogP contribution in [0.1, 0.15) is 43.0 Å². The van der Waals surface area contributed by atoms with Crippen LogP contribution in [0.15, 0.2) is 42.6 Å². The second-order valence-corrected chi connectivity index (χ2v) is 8.69. The van der Waals surface area contributed by atoms with Crippen molar-refractivity contribution in [3.8, 4) is 32.8 Å². The van der Waals surface area contributed by atoms with Crippen LogP contribution in [-0.2, 0) is 6.42 Å². The average Bonchev–Trinajstić information content (AvgIpc) is 3.39. The zero-order valence-electron chi connectivity index (χ0n) is 17.2. The lowest BCUT2D eigenvalue weighted by Crippen LogP contribution is -2.22. The molecule has 0 fully saturated rings. The Morgan fingerprint density at radius 3 is 2.97 bits per heavy atom. The van der Waals surface area contributed by atoms with E-state index in [1.807, 2.05) is 38.2 Å². The van der Waals surface area contributed by atoms with E-state index in [-0.39, 0.29) is 12.7 Å². The van der Waals surface area contributed by atoms with Crippen molar-refractivity contribution in [2.45, 2.75) is 38.8 Å². The number of hydrogen-bond acceptors (Lipinski definition) is 6. The molecule has 0 saturated heterocycles. The Bertz CT molecular complexity index is 1080. The highest BCUT2D eigenvalue weighted by Gasteiger charge is 2.25. The molecule has 0 unspecified atom stereocenters. The number of aromatic nitrogens is 1. The number of fused-ring (bicyclic) bond motifs is 1. The van der Waals surface area contributed by atoms with Crippen LogP contribution in [0.2, 0.25) is 0 Å². The van der Waals surface area contributed by atoms with E-state index in [0.717, 1.165) is 28.3 Å². The highest BCUT2D eigenvalue weighted by atomic mass is 32.1. The topological polar surface area (TPSA) is 78.2 Å². The summed E-state index contributed by atoms with van der Waals surface area (Å²) in [6.45, 7) is 4.65. The van der Waals surface area contributed by atoms with Crippen molar-refractivity contribution in [1.29, 1.82) is 5.26 Å². The fourth-order valence-corrected chi connectivity index (χ4v) is 4.94. The lowest BCUT2D eigenvalue weighted by Gasteiger charge is -2.13. The molecule has 0 radical (unpaired) electrons. The smallest absolute Gasteiger partial charge is 0.137 e. The predicted octanol–water partition coefficient (Wildman–Crippen LogP) is 4.71. The zero-order chi connectivity index (χ0) is 21.1. The first-order valence-corrected chi connectivity index (χ1v) is 11.1. The van der Waals surface area contributed by atoms with Crippen molar-refractivity contribution in [3.63, 3.8) is 0 Å². The van der Waals surface area contributed by atoms with Gasteiger partial charge in [-0.15, -0.1) is 11.3 Å². The number of hydrogen-bond donors (Lipinski definition) is 2. The third-order valence-corrected chi connectivity index (χ3v) is 6.33. The van der Waals surface area contributed by atoms with Gasteiger partial charge in [-0.05, 0) is 61.6 Å². The first-order chi connectivity index (χ1) is 14.6. The molecule has 1 heterocycles. The van der Waals surface area contributed by atoms with Gasteiger partial charge in [-0.1, -0.05) is 18.2 Å². The van der Waals surface area contributed by atoms with Gasteiger partial charge in [0.1, 0.15) is 16.8 Å². The largest absolute Gasteiger partial charge is 0.490 e. The lowest BCUT2D eigenvalue weighted by molar-refractivity contribution is 0.242. The van der Waals surface area contributed by atoms with E-state index in [4.69, 9.17) is 9.84 Å². The highest BCUT2D eigenvalue weighted by Crippen LogP contribution is 2.41. The number of aliphatic hydroxyl groups is 1. The molecule has 0 aliphatic heterocycles. The Balaban J connectivity index is 1.63. The van der Waals surface area contributed by atoms with Crippen molar-refractivity contribution in [3.05, 3.63) is 59.3 Å². The number of aliphatic hydroxyl groups excluding tert-OH is 1. The van der Waals surface area contributed by atoms with Crippen molar-refractivity contribution in [2.75, 3.05) is 13.2 Å². The van der Waals surface area contributed by atoms with Gasteiger partial charge in [-0.3, -0.25) is 0 Å². The third-order valence-electron chi connectivity index (χ3n) is 5.25. The van der Waals surface area contributed by atoms with E-state index < -0.39 is 0 Å². The van der Waals surface area contributed by atoms with E-state index in [2.05, 4.69) is 34.6 Å². The molecule has 5 nitrogen and oxygen atoms in total. The molecule has 1 aliphatic rings. The van der Waals surface area contributed by atoms with Crippen LogP contribution >= 0.6 is 11.3 Å². The number of rotatable bonds is 7. The quantitative estimate of drug-likeness (QED) is 0.580. The van der Waals surface area contributed by atoms with Crippen LogP contribution in [0.4, 0.5) is 0 Å². The van der Waals surface area contributed by atoms with Crippen molar-refractivity contribution < 1.29 is 9.84 Å². The van der Waals surface area contributed by atoms with Gasteiger partial charge >= 0.3 is 0 Å². The van der Waals surface area contributed by atoms with Crippen molar-refractivity contribution in [1.82, 2.24) is 10.3 Å². The Hall–Kier alpha value is -2.72. The van der Waals surface area contributed by atoms with Gasteiger partial charge in [-0.25, -0.2) is 4.98 Å². The van der Waals surface area contributed by atoms with Gasteiger partial charge in [0.15, 0.2) is 0 Å². The van der Waals surface area contributed by atoms with Crippen LogP contribution < -0.4 is 10.1 Å². The minimum atomic E-state index is 0.0188. The SMILES string of the molecule is CC(C)Oc1ccc(-c2ncc(-c3cccc4c3CC[C@@H]4NCCO)s2)cc1C#N. The molecule has 3 aromatic rings. The molecule has 6 heteroatoms. The number of ether oxygens (including phenoxy) is 1. The van der Waals surface area contributed by atoms with Gasteiger partial charge in [0.05, 0.1) is 23.2 Å². The molecule has 2 N–H and O–H groups in total. The Kier molecular flexibility index (Phi) is 6.14. The monoisotopic (exact) mass is 419 g/mol. The predicted molar refractivity (Wildman–Crippen MR) is 120 cm³/mol. The van der Waals surface area contributed by atoms with Crippen LogP contribution in [-0.4, -0.2) is 29.3 Å². The number of nitrogens with one attached hydrogen (secondary N) is 1. The summed E-state index contributed by atoms with van der Waals surface area (Å²) in [5, 5.41) is 22.9. The van der Waals surface area contributed by atoms with Crippen molar-refractivity contribution >= 4 is 11.3 Å². The van der Waals surface area contributed by atoms with Gasteiger partial charge in [0.2, 0.25) is 0 Å². The Labute approximate surface area is 181 Å². The van der Waals surface area contributed by atoms with E-state index in [1.54, 1.807) is 11.3 Å². The molecule has 154 valence electrons. The molecule has 30 heavy (non-hydrogen) atoms. The zero-order valence-corrected chi connectivity index (χ0v) is 18.0. The molecule has 0 saturated carbocycles. The summed E-state index contributed by atoms with van der Waals surface area (Å²) in [4.78, 5) is 5.77. The molecule has 1 aliphatic carbocycles. The number of nitrogens with zero attached hydrogens (tertiary/aromatic N) is 2. The normalized spacial score (nSPS) is 15.2. The van der Waals surface area contributed by atoms with E-state index in [1.165, 1.54) is 16.7 Å². The number of benzene rings is 2. The summed E-state index contributed by atoms with van der Waals surface area (Å²) < 4.78 is 5.73. The van der Waals surface area contributed by atoms with Crippen molar-refractivity contribution in [2.24, 2.45) is 0 Å². The Morgan fingerprint density at radius 2 is 2.20 bits per heavy atom. The molecule has 1 aromatic heterocycles. The maximum Gasteiger partial charge on any atom is 0.137 e. The first kappa shape index (κ1) is 20.5. The Morgan fingerprint density at radius 1 is 1.33 bits per heavy atom. The summed E-state index contributed by atoms with van der Waals surface area (Å²) in [5.41, 5.74) is 5.36. The standard InChI is InChI=1S/C24H25N3O2S/c1-15(2)29-22-9-6-16(12-17(22)13-25)24-27-14-23(30-24)20-5-3-4-19-18(20)7-8-21(19)26-10-11-28/h3-6,9,12,14-15,21,26,28H,7-8,10-11H2,1-2H3/t21-/m0/s1. The van der Waals surface area contributed by atoms with Gasteiger partial charge in [-0.2, -0.15) is 5.26 Å². The fourth-order valence-electron chi connectivity index (χ4n) is 3.98. The number of nitriles is 1. The van der Waals surface area contributed by atoms with E-state index >= 15 is 0 Å². The second-order valence-electron chi connectivity index (χ2n) is 7.66. The van der Waals surface area contributed by atoms with Gasteiger partial charge < -0.3 is 15.2 Å². The first-order valence-electron chi connectivity index (χ1n) is 10.2. The minimum absolute atomic E-state index is 0.0188. The summed E-state index contributed by atoms with van der Waals surface area (Å²) in [5.74, 6) is 0.607. The van der Waals surface area contributed by atoms with Gasteiger partial charge in [0, 0.05) is 24.3 Å². The molecule has 2 aromatic carbocycles. The van der Waals surface area contributed by atoms with Gasteiger partial charge in [0.25, 0.3) is 0 Å². The summed E-state index contributed by atoms with van der Waals surface area (Å²) in [6, 6.07) is 14.6. The van der Waals surface area contributed by atoms with Crippen LogP contribution in [0, 0.1) is 11.3 Å². The maximum absolute atomic E-state index is 9.51. The number of thiazole rings is 1. The second kappa shape index (κ2) is 8.97. The summed E-state index contributed by atoms with van der Waals surface area (Å²) in [7, 11) is 0. The maximum atomic E-state index is 9.51. The average molecular weight is 420 g/mol. The molecule has 4 rings (SSSR count). The third kappa shape index (κ3) is 4.10. The minimum Gasteiger partial charge on any atom is -0.490 e. The van der Waals surface area contributed by atoms with E-state index in [0.29, 0.717) is 23.9 Å². The van der Waals surface area contributed by atoms with E-state index in [9.17, 15) is 5.26 Å². The molecule has 0 amide bonds. The van der Waals surface area contributed by atoms with Crippen LogP contribution in [0.5, 0.6) is 5.75 Å².